The average Bonchev–Trinajstić information content (AvgIpc) is 3.03. The van der Waals surface area contributed by atoms with Crippen molar-refractivity contribution in [1.82, 2.24) is 4.98 Å². The lowest BCUT2D eigenvalue weighted by Crippen LogP contribution is -2.05. The molecular formula is C16H14BrNO2S. The number of fused-ring (bicyclic) bond motifs is 1. The lowest BCUT2D eigenvalue weighted by atomic mass is 10.1. The normalized spacial score (nSPS) is 11.2. The molecule has 0 aliphatic heterocycles. The molecule has 21 heavy (non-hydrogen) atoms. The van der Waals surface area contributed by atoms with Gasteiger partial charge in [0.05, 0.1) is 9.89 Å². The predicted molar refractivity (Wildman–Crippen MR) is 89.5 cm³/mol. The van der Waals surface area contributed by atoms with Crippen LogP contribution in [0.15, 0.2) is 39.6 Å². The molecule has 5 heteroatoms. The summed E-state index contributed by atoms with van der Waals surface area (Å²) in [6.07, 6.45) is 1.87. The molecule has 0 saturated carbocycles. The largest absolute Gasteiger partial charge is 0.491 e. The molecule has 108 valence electrons. The Balaban J connectivity index is 2.04. The van der Waals surface area contributed by atoms with Crippen molar-refractivity contribution in [2.24, 2.45) is 0 Å². The summed E-state index contributed by atoms with van der Waals surface area (Å²) in [5, 5.41) is 2.75. The molecule has 3 aromatic rings. The third-order valence-corrected chi connectivity index (χ3v) is 4.60. The molecule has 3 rings (SSSR count). The number of hydrogen-bond donors (Lipinski definition) is 1. The summed E-state index contributed by atoms with van der Waals surface area (Å²) < 4.78 is 6.66. The van der Waals surface area contributed by atoms with E-state index in [1.54, 1.807) is 6.20 Å². The second-order valence-electron chi connectivity index (χ2n) is 5.04. The van der Waals surface area contributed by atoms with E-state index in [1.807, 2.05) is 43.5 Å². The van der Waals surface area contributed by atoms with Gasteiger partial charge in [-0.15, -0.1) is 11.3 Å². The van der Waals surface area contributed by atoms with E-state index in [-0.39, 0.29) is 11.9 Å². The number of benzene rings is 1. The van der Waals surface area contributed by atoms with Crippen molar-refractivity contribution in [3.05, 3.63) is 50.8 Å². The minimum Gasteiger partial charge on any atom is -0.491 e. The molecule has 1 N–H and O–H groups in total. The molecule has 3 nitrogen and oxygen atoms in total. The summed E-state index contributed by atoms with van der Waals surface area (Å²) in [7, 11) is 0. The van der Waals surface area contributed by atoms with Crippen molar-refractivity contribution in [2.45, 2.75) is 20.0 Å². The maximum Gasteiger partial charge on any atom is 0.196 e. The topological polar surface area (TPSA) is 42.1 Å². The number of H-pyrrole nitrogens is 1. The van der Waals surface area contributed by atoms with Crippen molar-refractivity contribution < 1.29 is 9.53 Å². The quantitative estimate of drug-likeness (QED) is 0.662. The molecule has 0 bridgehead atoms. The molecule has 0 aliphatic rings. The molecule has 0 saturated heterocycles. The van der Waals surface area contributed by atoms with Crippen LogP contribution in [0.25, 0.3) is 10.9 Å². The van der Waals surface area contributed by atoms with Crippen LogP contribution >= 0.6 is 27.3 Å². The summed E-state index contributed by atoms with van der Waals surface area (Å²) in [6, 6.07) is 7.61. The number of hydrogen-bond acceptors (Lipinski definition) is 3. The maximum absolute atomic E-state index is 12.6. The molecule has 1 aromatic carbocycles. The Morgan fingerprint density at radius 3 is 2.81 bits per heavy atom. The van der Waals surface area contributed by atoms with Crippen LogP contribution in [0.1, 0.15) is 29.8 Å². The van der Waals surface area contributed by atoms with Crippen molar-refractivity contribution in [3.63, 3.8) is 0 Å². The number of ketones is 1. The highest BCUT2D eigenvalue weighted by Gasteiger charge is 2.16. The van der Waals surface area contributed by atoms with Crippen molar-refractivity contribution in [2.75, 3.05) is 0 Å². The fraction of sp³-hybridized carbons (Fsp3) is 0.188. The number of aromatic nitrogens is 1. The number of thiophene rings is 1. The number of halogens is 1. The van der Waals surface area contributed by atoms with Gasteiger partial charge in [0.1, 0.15) is 5.75 Å². The highest BCUT2D eigenvalue weighted by Crippen LogP contribution is 2.28. The number of nitrogens with one attached hydrogen (secondary N) is 1. The highest BCUT2D eigenvalue weighted by atomic mass is 79.9. The number of carbonyl (C=O) groups excluding carboxylic acids is 1. The van der Waals surface area contributed by atoms with Gasteiger partial charge < -0.3 is 9.72 Å². The third-order valence-electron chi connectivity index (χ3n) is 3.10. The molecule has 0 amide bonds. The van der Waals surface area contributed by atoms with E-state index in [9.17, 15) is 4.79 Å². The average molecular weight is 364 g/mol. The molecule has 0 radical (unpaired) electrons. The van der Waals surface area contributed by atoms with Crippen LogP contribution in [0.4, 0.5) is 0 Å². The van der Waals surface area contributed by atoms with E-state index in [0.29, 0.717) is 11.1 Å². The Morgan fingerprint density at radius 2 is 2.14 bits per heavy atom. The van der Waals surface area contributed by atoms with Crippen LogP contribution in [0.2, 0.25) is 0 Å². The van der Waals surface area contributed by atoms with Gasteiger partial charge in [0, 0.05) is 33.6 Å². The zero-order valence-corrected chi connectivity index (χ0v) is 14.0. The van der Waals surface area contributed by atoms with Crippen molar-refractivity contribution >= 4 is 44.0 Å². The number of aromatic amines is 1. The highest BCUT2D eigenvalue weighted by molar-refractivity contribution is 9.11. The van der Waals surface area contributed by atoms with Gasteiger partial charge in [-0.25, -0.2) is 0 Å². The Labute approximate surface area is 135 Å². The van der Waals surface area contributed by atoms with Crippen LogP contribution in [-0.2, 0) is 0 Å². The predicted octanol–water partition coefficient (Wildman–Crippen LogP) is 5.01. The SMILES string of the molecule is CC(C)Oc1ccc2[nH]cc(C(=O)c3csc(Br)c3)c2c1. The Kier molecular flexibility index (Phi) is 3.87. The molecule has 0 spiro atoms. The van der Waals surface area contributed by atoms with Crippen LogP contribution in [-0.4, -0.2) is 16.9 Å². The zero-order valence-electron chi connectivity index (χ0n) is 11.6. The first-order chi connectivity index (χ1) is 10.0. The first kappa shape index (κ1) is 14.4. The molecule has 0 atom stereocenters. The van der Waals surface area contributed by atoms with Crippen molar-refractivity contribution in [3.8, 4) is 5.75 Å². The van der Waals surface area contributed by atoms with E-state index in [1.165, 1.54) is 11.3 Å². The summed E-state index contributed by atoms with van der Waals surface area (Å²) in [6.45, 7) is 3.96. The Morgan fingerprint density at radius 1 is 1.33 bits per heavy atom. The lowest BCUT2D eigenvalue weighted by molar-refractivity contribution is 0.104. The zero-order chi connectivity index (χ0) is 15.0. The van der Waals surface area contributed by atoms with E-state index in [4.69, 9.17) is 4.74 Å². The lowest BCUT2D eigenvalue weighted by Gasteiger charge is -2.09. The van der Waals surface area contributed by atoms with E-state index >= 15 is 0 Å². The second-order valence-corrected chi connectivity index (χ2v) is 7.34. The smallest absolute Gasteiger partial charge is 0.196 e. The van der Waals surface area contributed by atoms with Crippen LogP contribution in [0.5, 0.6) is 5.75 Å². The first-order valence-electron chi connectivity index (χ1n) is 6.61. The number of rotatable bonds is 4. The Hall–Kier alpha value is -1.59. The van der Waals surface area contributed by atoms with Gasteiger partial charge in [-0.1, -0.05) is 0 Å². The Bertz CT molecular complexity index is 804. The fourth-order valence-electron chi connectivity index (χ4n) is 2.22. The van der Waals surface area contributed by atoms with Gasteiger partial charge in [0.25, 0.3) is 0 Å². The van der Waals surface area contributed by atoms with Gasteiger partial charge in [0.15, 0.2) is 5.78 Å². The fourth-order valence-corrected chi connectivity index (χ4v) is 3.35. The monoisotopic (exact) mass is 363 g/mol. The maximum atomic E-state index is 12.6. The van der Waals surface area contributed by atoms with Gasteiger partial charge in [0.2, 0.25) is 0 Å². The van der Waals surface area contributed by atoms with Gasteiger partial charge in [-0.2, -0.15) is 0 Å². The van der Waals surface area contributed by atoms with Crippen LogP contribution in [0.3, 0.4) is 0 Å². The first-order valence-corrected chi connectivity index (χ1v) is 8.28. The van der Waals surface area contributed by atoms with E-state index < -0.39 is 0 Å². The molecule has 0 aliphatic carbocycles. The van der Waals surface area contributed by atoms with Gasteiger partial charge >= 0.3 is 0 Å². The molecule has 2 heterocycles. The van der Waals surface area contributed by atoms with E-state index in [2.05, 4.69) is 20.9 Å². The summed E-state index contributed by atoms with van der Waals surface area (Å²) in [5.41, 5.74) is 2.30. The van der Waals surface area contributed by atoms with Crippen LogP contribution < -0.4 is 4.74 Å². The molecule has 2 aromatic heterocycles. The molecule has 0 unspecified atom stereocenters. The number of carbonyl (C=O) groups is 1. The van der Waals surface area contributed by atoms with E-state index in [0.717, 1.165) is 20.4 Å². The summed E-state index contributed by atoms with van der Waals surface area (Å²) in [4.78, 5) is 15.7. The minimum absolute atomic E-state index is 0.0184. The summed E-state index contributed by atoms with van der Waals surface area (Å²) >= 11 is 4.90. The standard InChI is InChI=1S/C16H14BrNO2S/c1-9(2)20-11-3-4-14-12(6-11)13(7-18-14)16(19)10-5-15(17)21-8-10/h3-9,18H,1-2H3. The second kappa shape index (κ2) is 5.66. The van der Waals surface area contributed by atoms with Crippen molar-refractivity contribution in [1.29, 1.82) is 0 Å². The molecule has 0 fully saturated rings. The van der Waals surface area contributed by atoms with Crippen LogP contribution in [0, 0.1) is 0 Å². The van der Waals surface area contributed by atoms with Gasteiger partial charge in [-0.3, -0.25) is 4.79 Å². The summed E-state index contributed by atoms with van der Waals surface area (Å²) in [5.74, 6) is 0.794. The molecular weight excluding hydrogens is 350 g/mol. The van der Waals surface area contributed by atoms with Gasteiger partial charge in [-0.05, 0) is 54.0 Å². The number of ether oxygens (including phenoxy) is 1. The third kappa shape index (κ3) is 2.89. The minimum atomic E-state index is 0.0184.